The number of thiocarbonyl (C=S) groups is 1. The predicted molar refractivity (Wildman–Crippen MR) is 147 cm³/mol. The van der Waals surface area contributed by atoms with Crippen LogP contribution in [-0.4, -0.2) is 29.3 Å². The monoisotopic (exact) mass is 475 g/mol. The summed E-state index contributed by atoms with van der Waals surface area (Å²) in [5, 5.41) is 4.85. The van der Waals surface area contributed by atoms with Gasteiger partial charge in [-0.05, 0) is 59.4 Å². The summed E-state index contributed by atoms with van der Waals surface area (Å²) >= 11 is 5.55. The van der Waals surface area contributed by atoms with Crippen LogP contribution in [0, 0.1) is 0 Å². The highest BCUT2D eigenvalue weighted by Gasteiger charge is 2.14. The maximum atomic E-state index is 6.02. The second-order valence-electron chi connectivity index (χ2n) is 8.29. The number of fused-ring (bicyclic) bond motifs is 7. The maximum Gasteiger partial charge on any atom is 0.269 e. The number of hydrogen-bond donors (Lipinski definition) is 0. The van der Waals surface area contributed by atoms with E-state index >= 15 is 0 Å². The summed E-state index contributed by atoms with van der Waals surface area (Å²) in [6.45, 7) is 0. The van der Waals surface area contributed by atoms with Crippen molar-refractivity contribution in [2.24, 2.45) is 0 Å². The molecule has 0 aliphatic heterocycles. The van der Waals surface area contributed by atoms with Crippen LogP contribution in [-0.2, 0) is 0 Å². The number of nitrogens with zero attached hydrogens (tertiary/aromatic N) is 3. The Morgan fingerprint density at radius 2 is 1.23 bits per heavy atom. The summed E-state index contributed by atoms with van der Waals surface area (Å²) in [6, 6.07) is 30.0. The van der Waals surface area contributed by atoms with Crippen molar-refractivity contribution in [1.29, 1.82) is 0 Å². The number of methoxy groups -OCH3 is 1. The van der Waals surface area contributed by atoms with Crippen LogP contribution < -0.4 is 14.4 Å². The molecule has 0 fully saturated rings. The van der Waals surface area contributed by atoms with Gasteiger partial charge in [-0.15, -0.1) is 0 Å². The van der Waals surface area contributed by atoms with Crippen LogP contribution in [0.15, 0.2) is 91.0 Å². The first kappa shape index (κ1) is 21.3. The molecule has 5 aromatic carbocycles. The summed E-state index contributed by atoms with van der Waals surface area (Å²) in [6.07, 6.45) is 0. The molecule has 0 saturated heterocycles. The zero-order valence-electron chi connectivity index (χ0n) is 19.2. The van der Waals surface area contributed by atoms with Crippen molar-refractivity contribution in [1.82, 2.24) is 9.97 Å². The largest absolute Gasteiger partial charge is 0.497 e. The highest BCUT2D eigenvalue weighted by molar-refractivity contribution is 7.80. The topological polar surface area (TPSA) is 47.5 Å². The second kappa shape index (κ2) is 8.49. The molecule has 6 aromatic rings. The molecule has 1 heterocycles. The number of benzene rings is 5. The molecule has 5 nitrogen and oxygen atoms in total. The van der Waals surface area contributed by atoms with Gasteiger partial charge in [0.05, 0.1) is 29.2 Å². The van der Waals surface area contributed by atoms with Gasteiger partial charge in [-0.3, -0.25) is 0 Å². The van der Waals surface area contributed by atoms with Crippen molar-refractivity contribution >= 4 is 66.7 Å². The van der Waals surface area contributed by atoms with Gasteiger partial charge in [0.2, 0.25) is 0 Å². The van der Waals surface area contributed by atoms with Gasteiger partial charge in [0.25, 0.3) is 5.17 Å². The summed E-state index contributed by atoms with van der Waals surface area (Å²) in [4.78, 5) is 11.8. The van der Waals surface area contributed by atoms with Gasteiger partial charge in [0.15, 0.2) is 0 Å². The molecular formula is C29H21N3O2S. The third-order valence-electron chi connectivity index (χ3n) is 6.23. The molecule has 0 bridgehead atoms. The van der Waals surface area contributed by atoms with Crippen LogP contribution in [0.4, 0.5) is 5.69 Å². The molecule has 6 rings (SSSR count). The van der Waals surface area contributed by atoms with Crippen LogP contribution in [0.3, 0.4) is 0 Å². The molecule has 35 heavy (non-hydrogen) atoms. The molecule has 0 N–H and O–H groups in total. The number of rotatable bonds is 3. The summed E-state index contributed by atoms with van der Waals surface area (Å²) in [7, 11) is 3.51. The van der Waals surface area contributed by atoms with Crippen LogP contribution in [0.1, 0.15) is 0 Å². The molecule has 1 aromatic heterocycles. The van der Waals surface area contributed by atoms with Crippen LogP contribution in [0.2, 0.25) is 0 Å². The molecule has 0 aliphatic carbocycles. The van der Waals surface area contributed by atoms with E-state index in [0.717, 1.165) is 44.3 Å². The zero-order valence-corrected chi connectivity index (χ0v) is 20.0. The van der Waals surface area contributed by atoms with Gasteiger partial charge >= 0.3 is 0 Å². The Morgan fingerprint density at radius 1 is 0.686 bits per heavy atom. The number of ether oxygens (including phenoxy) is 2. The lowest BCUT2D eigenvalue weighted by Crippen LogP contribution is -2.29. The van der Waals surface area contributed by atoms with Crippen molar-refractivity contribution in [2.45, 2.75) is 0 Å². The third-order valence-corrected chi connectivity index (χ3v) is 6.59. The Kier molecular flexibility index (Phi) is 5.16. The molecule has 0 saturated carbocycles. The average Bonchev–Trinajstić information content (AvgIpc) is 2.92. The van der Waals surface area contributed by atoms with Crippen LogP contribution in [0.5, 0.6) is 11.5 Å². The molecule has 0 unspecified atom stereocenters. The minimum atomic E-state index is 0.333. The quantitative estimate of drug-likeness (QED) is 0.158. The lowest BCUT2D eigenvalue weighted by atomic mass is 9.99. The van der Waals surface area contributed by atoms with E-state index < -0.39 is 0 Å². The number of anilines is 1. The Balaban J connectivity index is 1.41. The Bertz CT molecular complexity index is 1750. The van der Waals surface area contributed by atoms with Gasteiger partial charge in [-0.1, -0.05) is 48.5 Å². The average molecular weight is 476 g/mol. The summed E-state index contributed by atoms with van der Waals surface area (Å²) in [5.41, 5.74) is 4.24. The summed E-state index contributed by atoms with van der Waals surface area (Å²) in [5.74, 6) is 1.40. The van der Waals surface area contributed by atoms with Crippen molar-refractivity contribution in [2.75, 3.05) is 19.1 Å². The molecule has 0 spiro atoms. The second-order valence-corrected chi connectivity index (χ2v) is 8.64. The van der Waals surface area contributed by atoms with E-state index in [2.05, 4.69) is 36.4 Å². The van der Waals surface area contributed by atoms with Crippen LogP contribution in [0.25, 0.3) is 43.6 Å². The number of aromatic nitrogens is 2. The molecule has 170 valence electrons. The van der Waals surface area contributed by atoms with E-state index in [0.29, 0.717) is 10.9 Å². The predicted octanol–water partition coefficient (Wildman–Crippen LogP) is 6.90. The molecule has 0 radical (unpaired) electrons. The van der Waals surface area contributed by atoms with E-state index in [1.165, 1.54) is 10.8 Å². The van der Waals surface area contributed by atoms with E-state index in [1.54, 1.807) is 7.11 Å². The van der Waals surface area contributed by atoms with Gasteiger partial charge in [0.1, 0.15) is 11.5 Å². The van der Waals surface area contributed by atoms with E-state index in [-0.39, 0.29) is 0 Å². The molecular weight excluding hydrogens is 454 g/mol. The van der Waals surface area contributed by atoms with E-state index in [9.17, 15) is 0 Å². The SMILES string of the molecule is COc1ccc(N(C)C(=S)Oc2ccc3nc4c5ccccc5c5ccccc5c4nc3c2)cc1. The number of hydrogen-bond acceptors (Lipinski definition) is 5. The van der Waals surface area contributed by atoms with Crippen molar-refractivity contribution in [3.05, 3.63) is 91.0 Å². The summed E-state index contributed by atoms with van der Waals surface area (Å²) < 4.78 is 11.3. The van der Waals surface area contributed by atoms with E-state index in [4.69, 9.17) is 31.7 Å². The van der Waals surface area contributed by atoms with Crippen LogP contribution >= 0.6 is 12.2 Å². The van der Waals surface area contributed by atoms with E-state index in [1.807, 2.05) is 66.5 Å². The van der Waals surface area contributed by atoms with Crippen molar-refractivity contribution in [3.8, 4) is 11.5 Å². The smallest absolute Gasteiger partial charge is 0.269 e. The fourth-order valence-corrected chi connectivity index (χ4v) is 4.60. The molecule has 0 atom stereocenters. The lowest BCUT2D eigenvalue weighted by molar-refractivity contribution is 0.415. The maximum absolute atomic E-state index is 6.02. The highest BCUT2D eigenvalue weighted by Crippen LogP contribution is 2.34. The first-order valence-electron chi connectivity index (χ1n) is 11.2. The molecule has 6 heteroatoms. The fraction of sp³-hybridized carbons (Fsp3) is 0.0690. The fourth-order valence-electron chi connectivity index (χ4n) is 4.40. The normalized spacial score (nSPS) is 11.3. The standard InChI is InChI=1S/C29H21N3O2S/c1-32(18-11-13-19(33-2)14-12-18)29(35)34-20-15-16-25-26(17-20)31-28-24-10-6-4-8-22(24)21-7-3-5-9-23(21)27(28)30-25/h3-17H,1-2H3. The van der Waals surface area contributed by atoms with Crippen molar-refractivity contribution < 1.29 is 9.47 Å². The highest BCUT2D eigenvalue weighted by atomic mass is 32.1. The van der Waals surface area contributed by atoms with Gasteiger partial charge in [-0.2, -0.15) is 0 Å². The van der Waals surface area contributed by atoms with Gasteiger partial charge in [0, 0.05) is 29.6 Å². The third kappa shape index (κ3) is 3.68. The lowest BCUT2D eigenvalue weighted by Gasteiger charge is -2.20. The molecule has 0 aliphatic rings. The van der Waals surface area contributed by atoms with Crippen molar-refractivity contribution in [3.63, 3.8) is 0 Å². The zero-order chi connectivity index (χ0) is 23.9. The molecule has 0 amide bonds. The minimum Gasteiger partial charge on any atom is -0.497 e. The Hall–Kier alpha value is -4.29. The van der Waals surface area contributed by atoms with Gasteiger partial charge in [-0.25, -0.2) is 9.97 Å². The Labute approximate surface area is 207 Å². The van der Waals surface area contributed by atoms with Gasteiger partial charge < -0.3 is 14.4 Å². The first-order chi connectivity index (χ1) is 17.1. The Morgan fingerprint density at radius 3 is 1.83 bits per heavy atom. The minimum absolute atomic E-state index is 0.333. The first-order valence-corrected chi connectivity index (χ1v) is 11.6.